The number of aromatic nitrogens is 2. The van der Waals surface area contributed by atoms with Crippen molar-refractivity contribution in [2.45, 2.75) is 45.5 Å². The van der Waals surface area contributed by atoms with Gasteiger partial charge in [0.15, 0.2) is 0 Å². The summed E-state index contributed by atoms with van der Waals surface area (Å²) in [5.74, 6) is 0. The van der Waals surface area contributed by atoms with Crippen molar-refractivity contribution in [3.63, 3.8) is 0 Å². The topological polar surface area (TPSA) is 29.9 Å². The second-order valence-corrected chi connectivity index (χ2v) is 4.45. The molecule has 0 saturated carbocycles. The van der Waals surface area contributed by atoms with Crippen LogP contribution in [0.1, 0.15) is 38.8 Å². The highest BCUT2D eigenvalue weighted by Gasteiger charge is 2.32. The predicted octanol–water partition coefficient (Wildman–Crippen LogP) is 2.85. The quantitative estimate of drug-likeness (QED) is 0.869. The summed E-state index contributed by atoms with van der Waals surface area (Å²) in [6, 6.07) is 0.336. The van der Waals surface area contributed by atoms with Gasteiger partial charge >= 0.3 is 6.18 Å². The van der Waals surface area contributed by atoms with Crippen LogP contribution >= 0.6 is 0 Å². The Labute approximate surface area is 99.0 Å². The lowest BCUT2D eigenvalue weighted by Gasteiger charge is -2.14. The molecule has 0 spiro atoms. The summed E-state index contributed by atoms with van der Waals surface area (Å²) in [6.07, 6.45) is -1.64. The molecule has 0 saturated heterocycles. The summed E-state index contributed by atoms with van der Waals surface area (Å²) in [5.41, 5.74) is -0.693. The number of alkyl halides is 3. The Kier molecular flexibility index (Phi) is 4.56. The number of hydrogen-bond donors (Lipinski definition) is 1. The Bertz CT molecular complexity index is 344. The van der Waals surface area contributed by atoms with E-state index in [0.717, 1.165) is 25.4 Å². The summed E-state index contributed by atoms with van der Waals surface area (Å²) < 4.78 is 38.4. The maximum atomic E-state index is 12.4. The molecule has 17 heavy (non-hydrogen) atoms. The van der Waals surface area contributed by atoms with Crippen molar-refractivity contribution < 1.29 is 13.2 Å². The number of nitrogens with one attached hydrogen (secondary N) is 1. The highest BCUT2D eigenvalue weighted by molar-refractivity contribution is 5.08. The van der Waals surface area contributed by atoms with Gasteiger partial charge < -0.3 is 5.32 Å². The first-order chi connectivity index (χ1) is 7.80. The number of halogens is 3. The summed E-state index contributed by atoms with van der Waals surface area (Å²) in [5, 5.41) is 6.97. The summed E-state index contributed by atoms with van der Waals surface area (Å²) in [4.78, 5) is 0. The normalized spacial score (nSPS) is 14.3. The van der Waals surface area contributed by atoms with Crippen LogP contribution in [0.4, 0.5) is 13.2 Å². The second-order valence-electron chi connectivity index (χ2n) is 4.45. The standard InChI is InChI=1S/C11H18F3N3/c1-8(2)15-5-4-9(3)17-7-10(6-16-17)11(12,13)14/h6-9,15H,4-5H2,1-3H3. The first kappa shape index (κ1) is 14.0. The predicted molar refractivity (Wildman–Crippen MR) is 59.7 cm³/mol. The fourth-order valence-corrected chi connectivity index (χ4v) is 1.44. The zero-order chi connectivity index (χ0) is 13.1. The summed E-state index contributed by atoms with van der Waals surface area (Å²) in [7, 11) is 0. The lowest BCUT2D eigenvalue weighted by molar-refractivity contribution is -0.137. The molecule has 0 aliphatic heterocycles. The van der Waals surface area contributed by atoms with Crippen molar-refractivity contribution in [3.05, 3.63) is 18.0 Å². The number of rotatable bonds is 5. The Balaban J connectivity index is 2.52. The molecule has 6 heteroatoms. The van der Waals surface area contributed by atoms with Gasteiger partial charge in [0.25, 0.3) is 0 Å². The van der Waals surface area contributed by atoms with Crippen LogP contribution in [-0.4, -0.2) is 22.4 Å². The Morgan fingerprint density at radius 1 is 1.35 bits per heavy atom. The highest BCUT2D eigenvalue weighted by atomic mass is 19.4. The van der Waals surface area contributed by atoms with Crippen LogP contribution in [0.5, 0.6) is 0 Å². The van der Waals surface area contributed by atoms with Gasteiger partial charge in [-0.05, 0) is 19.9 Å². The van der Waals surface area contributed by atoms with Crippen LogP contribution in [0.15, 0.2) is 12.4 Å². The van der Waals surface area contributed by atoms with Crippen LogP contribution in [0, 0.1) is 0 Å². The van der Waals surface area contributed by atoms with E-state index in [0.29, 0.717) is 6.04 Å². The van der Waals surface area contributed by atoms with E-state index in [1.807, 2.05) is 20.8 Å². The van der Waals surface area contributed by atoms with Crippen molar-refractivity contribution in [1.82, 2.24) is 15.1 Å². The monoisotopic (exact) mass is 249 g/mol. The van der Waals surface area contributed by atoms with Gasteiger partial charge in [-0.2, -0.15) is 18.3 Å². The molecule has 1 aromatic heterocycles. The van der Waals surface area contributed by atoms with Crippen LogP contribution in [0.25, 0.3) is 0 Å². The summed E-state index contributed by atoms with van der Waals surface area (Å²) in [6.45, 7) is 6.68. The Morgan fingerprint density at radius 2 is 2.00 bits per heavy atom. The SMILES string of the molecule is CC(C)NCCC(C)n1cc(C(F)(F)F)cn1. The molecule has 98 valence electrons. The first-order valence-electron chi connectivity index (χ1n) is 5.65. The molecule has 0 aliphatic carbocycles. The second kappa shape index (κ2) is 5.53. The van der Waals surface area contributed by atoms with E-state index >= 15 is 0 Å². The molecular weight excluding hydrogens is 231 g/mol. The molecule has 1 aromatic rings. The lowest BCUT2D eigenvalue weighted by Crippen LogP contribution is -2.25. The van der Waals surface area contributed by atoms with Crippen molar-refractivity contribution >= 4 is 0 Å². The lowest BCUT2D eigenvalue weighted by atomic mass is 10.2. The largest absolute Gasteiger partial charge is 0.419 e. The van der Waals surface area contributed by atoms with Gasteiger partial charge in [0.1, 0.15) is 0 Å². The molecule has 0 radical (unpaired) electrons. The van der Waals surface area contributed by atoms with E-state index in [9.17, 15) is 13.2 Å². The van der Waals surface area contributed by atoms with Crippen molar-refractivity contribution in [3.8, 4) is 0 Å². The Morgan fingerprint density at radius 3 is 2.47 bits per heavy atom. The molecule has 1 N–H and O–H groups in total. The van der Waals surface area contributed by atoms with Crippen molar-refractivity contribution in [2.75, 3.05) is 6.54 Å². The van der Waals surface area contributed by atoms with Crippen LogP contribution in [0.3, 0.4) is 0 Å². The van der Waals surface area contributed by atoms with Crippen LogP contribution in [-0.2, 0) is 6.18 Å². The first-order valence-corrected chi connectivity index (χ1v) is 5.65. The zero-order valence-corrected chi connectivity index (χ0v) is 10.3. The van der Waals surface area contributed by atoms with E-state index in [1.54, 1.807) is 0 Å². The van der Waals surface area contributed by atoms with E-state index in [-0.39, 0.29) is 6.04 Å². The molecule has 3 nitrogen and oxygen atoms in total. The van der Waals surface area contributed by atoms with Crippen molar-refractivity contribution in [2.24, 2.45) is 0 Å². The third-order valence-electron chi connectivity index (χ3n) is 2.50. The third-order valence-corrected chi connectivity index (χ3v) is 2.50. The molecule has 0 aliphatic rings. The molecule has 0 bridgehead atoms. The van der Waals surface area contributed by atoms with Gasteiger partial charge in [-0.1, -0.05) is 13.8 Å². The molecule has 0 aromatic carbocycles. The van der Waals surface area contributed by atoms with Gasteiger partial charge in [0.05, 0.1) is 17.8 Å². The Hall–Kier alpha value is -1.04. The van der Waals surface area contributed by atoms with E-state index in [1.165, 1.54) is 4.68 Å². The van der Waals surface area contributed by atoms with E-state index in [2.05, 4.69) is 10.4 Å². The maximum absolute atomic E-state index is 12.4. The van der Waals surface area contributed by atoms with E-state index in [4.69, 9.17) is 0 Å². The fraction of sp³-hybridized carbons (Fsp3) is 0.727. The van der Waals surface area contributed by atoms with Crippen LogP contribution < -0.4 is 5.32 Å². The number of hydrogen-bond acceptors (Lipinski definition) is 2. The number of nitrogens with zero attached hydrogens (tertiary/aromatic N) is 2. The molecule has 0 amide bonds. The highest BCUT2D eigenvalue weighted by Crippen LogP contribution is 2.29. The molecule has 0 fully saturated rings. The smallest absolute Gasteiger partial charge is 0.314 e. The maximum Gasteiger partial charge on any atom is 0.419 e. The minimum absolute atomic E-state index is 0.0441. The average Bonchev–Trinajstić information content (AvgIpc) is 2.64. The van der Waals surface area contributed by atoms with E-state index < -0.39 is 11.7 Å². The fourth-order valence-electron chi connectivity index (χ4n) is 1.44. The van der Waals surface area contributed by atoms with Gasteiger partial charge in [-0.25, -0.2) is 0 Å². The summed E-state index contributed by atoms with van der Waals surface area (Å²) >= 11 is 0. The zero-order valence-electron chi connectivity index (χ0n) is 10.3. The van der Waals surface area contributed by atoms with Gasteiger partial charge in [-0.3, -0.25) is 4.68 Å². The molecular formula is C11H18F3N3. The van der Waals surface area contributed by atoms with Crippen LogP contribution in [0.2, 0.25) is 0 Å². The van der Waals surface area contributed by atoms with Crippen molar-refractivity contribution in [1.29, 1.82) is 0 Å². The molecule has 1 unspecified atom stereocenters. The average molecular weight is 249 g/mol. The van der Waals surface area contributed by atoms with Gasteiger partial charge in [-0.15, -0.1) is 0 Å². The minimum atomic E-state index is -4.31. The molecule has 1 atom stereocenters. The minimum Gasteiger partial charge on any atom is -0.314 e. The molecule has 1 rings (SSSR count). The van der Waals surface area contributed by atoms with Gasteiger partial charge in [0, 0.05) is 12.2 Å². The molecule has 1 heterocycles. The van der Waals surface area contributed by atoms with Gasteiger partial charge in [0.2, 0.25) is 0 Å². The third kappa shape index (κ3) is 4.38.